The van der Waals surface area contributed by atoms with E-state index in [2.05, 4.69) is 54.0 Å². The summed E-state index contributed by atoms with van der Waals surface area (Å²) in [6.07, 6.45) is 8.56. The zero-order chi connectivity index (χ0) is 22.2. The van der Waals surface area contributed by atoms with E-state index in [9.17, 15) is 0 Å². The molecule has 8 nitrogen and oxygen atoms in total. The standard InChI is InChI=1S/C24H34N8/c1-3-25-24(26-15-10-14-23-30-29-22-13-8-5-9-16-32(22)23)31(2)18-21-27-17-20(28-21)19-11-6-4-7-12-19/h4,6-7,11-12,17H,3,5,8-10,13-16,18H2,1-2H3,(H,25,26)(H,27,28). The van der Waals surface area contributed by atoms with Crippen molar-refractivity contribution >= 4 is 5.96 Å². The molecule has 4 rings (SSSR count). The maximum atomic E-state index is 4.84. The van der Waals surface area contributed by atoms with Crippen molar-refractivity contribution in [3.8, 4) is 11.3 Å². The van der Waals surface area contributed by atoms with Gasteiger partial charge in [-0.1, -0.05) is 36.8 Å². The third-order valence-electron chi connectivity index (χ3n) is 5.80. The highest BCUT2D eigenvalue weighted by molar-refractivity contribution is 5.79. The van der Waals surface area contributed by atoms with Crippen LogP contribution in [0.1, 0.15) is 50.1 Å². The van der Waals surface area contributed by atoms with E-state index in [-0.39, 0.29) is 0 Å². The topological polar surface area (TPSA) is 87.0 Å². The van der Waals surface area contributed by atoms with Crippen LogP contribution in [0.2, 0.25) is 0 Å². The molecule has 8 heteroatoms. The van der Waals surface area contributed by atoms with Crippen molar-refractivity contribution in [2.75, 3.05) is 20.1 Å². The summed E-state index contributed by atoms with van der Waals surface area (Å²) in [5.74, 6) is 4.08. The number of aliphatic imine (C=N–C) groups is 1. The molecule has 0 unspecified atom stereocenters. The van der Waals surface area contributed by atoms with Gasteiger partial charge in [0.15, 0.2) is 5.96 Å². The van der Waals surface area contributed by atoms with Gasteiger partial charge >= 0.3 is 0 Å². The molecule has 0 amide bonds. The molecule has 0 saturated heterocycles. The molecule has 0 aliphatic carbocycles. The molecule has 0 bridgehead atoms. The van der Waals surface area contributed by atoms with Crippen LogP contribution in [0.25, 0.3) is 11.3 Å². The number of nitrogens with one attached hydrogen (secondary N) is 2. The molecule has 0 fully saturated rings. The van der Waals surface area contributed by atoms with Crippen molar-refractivity contribution in [3.63, 3.8) is 0 Å². The quantitative estimate of drug-likeness (QED) is 0.322. The number of aryl methyl sites for hydroxylation is 2. The lowest BCUT2D eigenvalue weighted by Crippen LogP contribution is -2.38. The van der Waals surface area contributed by atoms with E-state index in [1.807, 2.05) is 31.4 Å². The number of hydrogen-bond acceptors (Lipinski definition) is 4. The van der Waals surface area contributed by atoms with Crippen LogP contribution in [0.4, 0.5) is 0 Å². The molecule has 1 aliphatic heterocycles. The van der Waals surface area contributed by atoms with Gasteiger partial charge in [0.1, 0.15) is 17.5 Å². The van der Waals surface area contributed by atoms with Crippen molar-refractivity contribution in [1.29, 1.82) is 0 Å². The van der Waals surface area contributed by atoms with Gasteiger partial charge in [0, 0.05) is 39.5 Å². The van der Waals surface area contributed by atoms with Crippen LogP contribution < -0.4 is 5.32 Å². The van der Waals surface area contributed by atoms with Crippen molar-refractivity contribution in [1.82, 2.24) is 34.9 Å². The molecule has 2 aromatic heterocycles. The van der Waals surface area contributed by atoms with Crippen LogP contribution in [0.15, 0.2) is 41.5 Å². The average Bonchev–Trinajstić information content (AvgIpc) is 3.36. The Morgan fingerprint density at radius 3 is 2.91 bits per heavy atom. The Bertz CT molecular complexity index is 1000. The lowest BCUT2D eigenvalue weighted by molar-refractivity contribution is 0.463. The fraction of sp³-hybridized carbons (Fsp3) is 0.500. The summed E-state index contributed by atoms with van der Waals surface area (Å²) in [6, 6.07) is 10.3. The van der Waals surface area contributed by atoms with Crippen LogP contribution in [0.3, 0.4) is 0 Å². The first kappa shape index (κ1) is 22.0. The first-order chi connectivity index (χ1) is 15.7. The van der Waals surface area contributed by atoms with Gasteiger partial charge in [-0.25, -0.2) is 4.98 Å². The summed E-state index contributed by atoms with van der Waals surface area (Å²) in [6.45, 7) is 5.39. The van der Waals surface area contributed by atoms with E-state index >= 15 is 0 Å². The number of fused-ring (bicyclic) bond motifs is 1. The highest BCUT2D eigenvalue weighted by atomic mass is 15.3. The van der Waals surface area contributed by atoms with E-state index in [0.717, 1.165) is 73.6 Å². The highest BCUT2D eigenvalue weighted by Gasteiger charge is 2.14. The van der Waals surface area contributed by atoms with Crippen molar-refractivity contribution in [2.45, 2.75) is 58.5 Å². The molecular formula is C24H34N8. The summed E-state index contributed by atoms with van der Waals surface area (Å²) < 4.78 is 2.33. The minimum atomic E-state index is 0.663. The van der Waals surface area contributed by atoms with Crippen molar-refractivity contribution in [3.05, 3.63) is 54.0 Å². The molecule has 0 saturated carbocycles. The summed E-state index contributed by atoms with van der Waals surface area (Å²) in [5, 5.41) is 12.2. The number of H-pyrrole nitrogens is 1. The Kier molecular flexibility index (Phi) is 7.53. The molecule has 2 N–H and O–H groups in total. The van der Waals surface area contributed by atoms with Gasteiger partial charge in [-0.15, -0.1) is 10.2 Å². The second-order valence-corrected chi connectivity index (χ2v) is 8.30. The van der Waals surface area contributed by atoms with Crippen LogP contribution in [0.5, 0.6) is 0 Å². The molecule has 0 radical (unpaired) electrons. The normalized spacial score (nSPS) is 14.1. The molecule has 3 heterocycles. The Balaban J connectivity index is 1.33. The molecular weight excluding hydrogens is 400 g/mol. The molecule has 170 valence electrons. The maximum absolute atomic E-state index is 4.84. The third-order valence-corrected chi connectivity index (χ3v) is 5.80. The zero-order valence-electron chi connectivity index (χ0n) is 19.2. The molecule has 1 aliphatic rings. The lowest BCUT2D eigenvalue weighted by atomic mass is 10.2. The summed E-state index contributed by atoms with van der Waals surface area (Å²) in [4.78, 5) is 14.9. The third kappa shape index (κ3) is 5.55. The molecule has 0 spiro atoms. The van der Waals surface area contributed by atoms with E-state index in [4.69, 9.17) is 4.99 Å². The predicted molar refractivity (Wildman–Crippen MR) is 127 cm³/mol. The average molecular weight is 435 g/mol. The van der Waals surface area contributed by atoms with Gasteiger partial charge in [-0.05, 0) is 31.7 Å². The number of rotatable bonds is 8. The van der Waals surface area contributed by atoms with Crippen LogP contribution >= 0.6 is 0 Å². The van der Waals surface area contributed by atoms with Gasteiger partial charge in [0.2, 0.25) is 0 Å². The van der Waals surface area contributed by atoms with Crippen molar-refractivity contribution < 1.29 is 0 Å². The highest BCUT2D eigenvalue weighted by Crippen LogP contribution is 2.17. The number of aromatic nitrogens is 5. The summed E-state index contributed by atoms with van der Waals surface area (Å²) >= 11 is 0. The van der Waals surface area contributed by atoms with E-state index in [1.165, 1.54) is 19.3 Å². The first-order valence-corrected chi connectivity index (χ1v) is 11.7. The second kappa shape index (κ2) is 10.9. The zero-order valence-corrected chi connectivity index (χ0v) is 19.2. The smallest absolute Gasteiger partial charge is 0.194 e. The van der Waals surface area contributed by atoms with E-state index < -0.39 is 0 Å². The lowest BCUT2D eigenvalue weighted by Gasteiger charge is -2.21. The van der Waals surface area contributed by atoms with Gasteiger partial charge in [-0.2, -0.15) is 0 Å². The van der Waals surface area contributed by atoms with Crippen LogP contribution in [-0.4, -0.2) is 55.7 Å². The SMILES string of the molecule is CCNC(=NCCCc1nnc2n1CCCCC2)N(C)Cc1ncc(-c2ccccc2)[nH]1. The fourth-order valence-corrected chi connectivity index (χ4v) is 4.13. The van der Waals surface area contributed by atoms with Gasteiger partial charge in [0.05, 0.1) is 18.4 Å². The summed E-state index contributed by atoms with van der Waals surface area (Å²) in [5.41, 5.74) is 2.17. The molecule has 0 atom stereocenters. The molecule has 1 aromatic carbocycles. The van der Waals surface area contributed by atoms with Crippen molar-refractivity contribution in [2.24, 2.45) is 4.99 Å². The largest absolute Gasteiger partial charge is 0.357 e. The summed E-state index contributed by atoms with van der Waals surface area (Å²) in [7, 11) is 2.05. The number of hydrogen-bond donors (Lipinski definition) is 2. The van der Waals surface area contributed by atoms with Gasteiger partial charge in [-0.3, -0.25) is 4.99 Å². The monoisotopic (exact) mass is 434 g/mol. The number of guanidine groups is 1. The Morgan fingerprint density at radius 2 is 2.06 bits per heavy atom. The minimum Gasteiger partial charge on any atom is -0.357 e. The maximum Gasteiger partial charge on any atom is 0.194 e. The second-order valence-electron chi connectivity index (χ2n) is 8.30. The molecule has 32 heavy (non-hydrogen) atoms. The first-order valence-electron chi connectivity index (χ1n) is 11.7. The van der Waals surface area contributed by atoms with Crippen LogP contribution in [-0.2, 0) is 25.9 Å². The van der Waals surface area contributed by atoms with Gasteiger partial charge in [0.25, 0.3) is 0 Å². The predicted octanol–water partition coefficient (Wildman–Crippen LogP) is 3.42. The minimum absolute atomic E-state index is 0.663. The number of imidazole rings is 1. The Hall–Kier alpha value is -3.16. The Morgan fingerprint density at radius 1 is 1.19 bits per heavy atom. The number of benzene rings is 1. The fourth-order valence-electron chi connectivity index (χ4n) is 4.13. The number of aromatic amines is 1. The van der Waals surface area contributed by atoms with Crippen LogP contribution in [0, 0.1) is 0 Å². The van der Waals surface area contributed by atoms with E-state index in [0.29, 0.717) is 6.54 Å². The molecule has 3 aromatic rings. The van der Waals surface area contributed by atoms with Gasteiger partial charge < -0.3 is 19.8 Å². The Labute approximate surface area is 190 Å². The van der Waals surface area contributed by atoms with E-state index in [1.54, 1.807) is 0 Å². The number of nitrogens with zero attached hydrogens (tertiary/aromatic N) is 6.